The maximum absolute atomic E-state index is 12.6. The SMILES string of the molecule is CS(=O)(=O)N1C[C@@H]2CCN(C(=O)c3cc(C4CC4)on3)[C@@H]2C1. The van der Waals surface area contributed by atoms with Gasteiger partial charge in [-0.3, -0.25) is 4.79 Å². The third kappa shape index (κ3) is 2.34. The summed E-state index contributed by atoms with van der Waals surface area (Å²) >= 11 is 0. The summed E-state index contributed by atoms with van der Waals surface area (Å²) in [5.74, 6) is 1.31. The summed E-state index contributed by atoms with van der Waals surface area (Å²) in [4.78, 5) is 14.4. The molecule has 0 spiro atoms. The van der Waals surface area contributed by atoms with Gasteiger partial charge in [-0.25, -0.2) is 8.42 Å². The van der Waals surface area contributed by atoms with Crippen LogP contribution >= 0.6 is 0 Å². The molecule has 120 valence electrons. The van der Waals surface area contributed by atoms with Gasteiger partial charge < -0.3 is 9.42 Å². The number of carbonyl (C=O) groups excluding carboxylic acids is 1. The summed E-state index contributed by atoms with van der Waals surface area (Å²) in [6, 6.07) is 1.71. The van der Waals surface area contributed by atoms with Gasteiger partial charge in [0.25, 0.3) is 5.91 Å². The Balaban J connectivity index is 1.51. The van der Waals surface area contributed by atoms with E-state index in [1.807, 2.05) is 0 Å². The number of aromatic nitrogens is 1. The molecule has 8 heteroatoms. The zero-order chi connectivity index (χ0) is 15.5. The van der Waals surface area contributed by atoms with Gasteiger partial charge in [0.15, 0.2) is 5.69 Å². The number of rotatable bonds is 3. The largest absolute Gasteiger partial charge is 0.360 e. The minimum Gasteiger partial charge on any atom is -0.360 e. The summed E-state index contributed by atoms with van der Waals surface area (Å²) in [6.07, 6.45) is 4.26. The lowest BCUT2D eigenvalue weighted by atomic mass is 10.1. The molecule has 3 fully saturated rings. The monoisotopic (exact) mass is 325 g/mol. The number of hydrogen-bond acceptors (Lipinski definition) is 5. The summed E-state index contributed by atoms with van der Waals surface area (Å²) in [5, 5.41) is 3.91. The van der Waals surface area contributed by atoms with Gasteiger partial charge >= 0.3 is 0 Å². The molecule has 7 nitrogen and oxygen atoms in total. The average molecular weight is 325 g/mol. The molecule has 4 rings (SSSR count). The number of likely N-dealkylation sites (tertiary alicyclic amines) is 1. The molecule has 0 radical (unpaired) electrons. The zero-order valence-corrected chi connectivity index (χ0v) is 13.3. The second kappa shape index (κ2) is 4.79. The number of sulfonamides is 1. The number of nitrogens with zero attached hydrogens (tertiary/aromatic N) is 3. The van der Waals surface area contributed by atoms with Crippen molar-refractivity contribution >= 4 is 15.9 Å². The first-order valence-electron chi connectivity index (χ1n) is 7.66. The van der Waals surface area contributed by atoms with E-state index in [1.54, 1.807) is 11.0 Å². The topological polar surface area (TPSA) is 83.7 Å². The first kappa shape index (κ1) is 14.2. The molecule has 0 N–H and O–H groups in total. The van der Waals surface area contributed by atoms with Gasteiger partial charge in [0, 0.05) is 37.7 Å². The Kier molecular flexibility index (Phi) is 3.09. The van der Waals surface area contributed by atoms with E-state index < -0.39 is 10.0 Å². The van der Waals surface area contributed by atoms with E-state index >= 15 is 0 Å². The van der Waals surface area contributed by atoms with Crippen LogP contribution in [0.15, 0.2) is 10.6 Å². The third-order valence-electron chi connectivity index (χ3n) is 4.97. The van der Waals surface area contributed by atoms with Crippen molar-refractivity contribution in [3.8, 4) is 0 Å². The van der Waals surface area contributed by atoms with Crippen molar-refractivity contribution < 1.29 is 17.7 Å². The molecule has 0 unspecified atom stereocenters. The number of fused-ring (bicyclic) bond motifs is 1. The second-order valence-electron chi connectivity index (χ2n) is 6.58. The fourth-order valence-corrected chi connectivity index (χ4v) is 4.43. The lowest BCUT2D eigenvalue weighted by Gasteiger charge is -2.23. The Bertz CT molecular complexity index is 709. The van der Waals surface area contributed by atoms with Gasteiger partial charge in [-0.2, -0.15) is 4.31 Å². The minimum atomic E-state index is -3.20. The molecule has 2 saturated heterocycles. The van der Waals surface area contributed by atoms with Crippen LogP contribution in [0.2, 0.25) is 0 Å². The fraction of sp³-hybridized carbons (Fsp3) is 0.714. The quantitative estimate of drug-likeness (QED) is 0.815. The maximum atomic E-state index is 12.6. The van der Waals surface area contributed by atoms with Crippen LogP contribution in [0, 0.1) is 5.92 Å². The van der Waals surface area contributed by atoms with Crippen LogP contribution < -0.4 is 0 Å². The van der Waals surface area contributed by atoms with Crippen molar-refractivity contribution in [2.45, 2.75) is 31.2 Å². The Morgan fingerprint density at radius 2 is 2.09 bits per heavy atom. The van der Waals surface area contributed by atoms with E-state index in [1.165, 1.54) is 10.6 Å². The number of hydrogen-bond donors (Lipinski definition) is 0. The van der Waals surface area contributed by atoms with Crippen LogP contribution in [0.3, 0.4) is 0 Å². The third-order valence-corrected chi connectivity index (χ3v) is 6.21. The smallest absolute Gasteiger partial charge is 0.276 e. The summed E-state index contributed by atoms with van der Waals surface area (Å²) in [7, 11) is -3.20. The van der Waals surface area contributed by atoms with Gasteiger partial charge in [0.05, 0.1) is 6.26 Å². The van der Waals surface area contributed by atoms with Crippen LogP contribution in [0.5, 0.6) is 0 Å². The highest BCUT2D eigenvalue weighted by Crippen LogP contribution is 2.40. The standard InChI is InChI=1S/C14H19N3O4S/c1-22(19,20)16-7-10-4-5-17(12(10)8-16)14(18)11-6-13(21-15-11)9-2-3-9/h6,9-10,12H,2-5,7-8H2,1H3/t10-,12+/m0/s1. The molecule has 1 aliphatic carbocycles. The van der Waals surface area contributed by atoms with Crippen LogP contribution in [-0.4, -0.2) is 60.6 Å². The zero-order valence-electron chi connectivity index (χ0n) is 12.4. The van der Waals surface area contributed by atoms with Gasteiger partial charge in [-0.1, -0.05) is 5.16 Å². The van der Waals surface area contributed by atoms with Crippen molar-refractivity contribution in [2.24, 2.45) is 5.92 Å². The van der Waals surface area contributed by atoms with Gasteiger partial charge in [0.2, 0.25) is 10.0 Å². The van der Waals surface area contributed by atoms with E-state index in [4.69, 9.17) is 4.52 Å². The molecule has 1 aromatic heterocycles. The van der Waals surface area contributed by atoms with Gasteiger partial charge in [0.1, 0.15) is 5.76 Å². The Morgan fingerprint density at radius 1 is 1.32 bits per heavy atom. The summed E-state index contributed by atoms with van der Waals surface area (Å²) in [5.41, 5.74) is 0.348. The van der Waals surface area contributed by atoms with E-state index in [0.29, 0.717) is 31.2 Å². The molecular weight excluding hydrogens is 306 g/mol. The van der Waals surface area contributed by atoms with Crippen LogP contribution in [0.1, 0.15) is 41.4 Å². The Morgan fingerprint density at radius 3 is 2.77 bits per heavy atom. The highest BCUT2D eigenvalue weighted by Gasteiger charge is 2.46. The molecule has 3 heterocycles. The predicted molar refractivity (Wildman–Crippen MR) is 77.8 cm³/mol. The predicted octanol–water partition coefficient (Wildman–Crippen LogP) is 0.658. The van der Waals surface area contributed by atoms with Crippen LogP contribution in [-0.2, 0) is 10.0 Å². The lowest BCUT2D eigenvalue weighted by Crippen LogP contribution is -2.40. The highest BCUT2D eigenvalue weighted by molar-refractivity contribution is 7.88. The first-order chi connectivity index (χ1) is 10.4. The van der Waals surface area contributed by atoms with Crippen molar-refractivity contribution in [3.05, 3.63) is 17.5 Å². The highest BCUT2D eigenvalue weighted by atomic mass is 32.2. The summed E-state index contributed by atoms with van der Waals surface area (Å²) in [6.45, 7) is 1.57. The van der Waals surface area contributed by atoms with E-state index in [-0.39, 0.29) is 17.9 Å². The number of carbonyl (C=O) groups is 1. The molecule has 1 amide bonds. The van der Waals surface area contributed by atoms with Crippen LogP contribution in [0.4, 0.5) is 0 Å². The lowest BCUT2D eigenvalue weighted by molar-refractivity contribution is 0.0722. The molecule has 1 saturated carbocycles. The molecule has 22 heavy (non-hydrogen) atoms. The molecule has 3 aliphatic rings. The van der Waals surface area contributed by atoms with E-state index in [9.17, 15) is 13.2 Å². The summed E-state index contributed by atoms with van der Waals surface area (Å²) < 4.78 is 30.1. The fourth-order valence-electron chi connectivity index (χ4n) is 3.54. The van der Waals surface area contributed by atoms with Gasteiger partial charge in [-0.15, -0.1) is 0 Å². The Hall–Kier alpha value is -1.41. The maximum Gasteiger partial charge on any atom is 0.276 e. The van der Waals surface area contributed by atoms with Crippen LogP contribution in [0.25, 0.3) is 0 Å². The minimum absolute atomic E-state index is 0.0386. The first-order valence-corrected chi connectivity index (χ1v) is 9.51. The van der Waals surface area contributed by atoms with E-state index in [2.05, 4.69) is 5.16 Å². The second-order valence-corrected chi connectivity index (χ2v) is 8.57. The average Bonchev–Trinajstić information content (AvgIpc) is 2.90. The van der Waals surface area contributed by atoms with E-state index in [0.717, 1.165) is 25.0 Å². The molecule has 2 aliphatic heterocycles. The molecule has 0 bridgehead atoms. The van der Waals surface area contributed by atoms with Crippen molar-refractivity contribution in [1.29, 1.82) is 0 Å². The normalized spacial score (nSPS) is 29.0. The van der Waals surface area contributed by atoms with Crippen molar-refractivity contribution in [3.63, 3.8) is 0 Å². The van der Waals surface area contributed by atoms with Gasteiger partial charge in [-0.05, 0) is 25.2 Å². The Labute approximate surface area is 129 Å². The number of amides is 1. The molecule has 0 aromatic carbocycles. The molecular formula is C14H19N3O4S. The molecule has 1 aromatic rings. The van der Waals surface area contributed by atoms with Crippen molar-refractivity contribution in [1.82, 2.24) is 14.4 Å². The van der Waals surface area contributed by atoms with Crippen molar-refractivity contribution in [2.75, 3.05) is 25.9 Å². The molecule has 2 atom stereocenters.